The van der Waals surface area contributed by atoms with Crippen LogP contribution in [0.25, 0.3) is 78.3 Å². The third kappa shape index (κ3) is 4.91. The van der Waals surface area contributed by atoms with Gasteiger partial charge in [-0.2, -0.15) is 0 Å². The second kappa shape index (κ2) is 11.5. The third-order valence-corrected chi connectivity index (χ3v) is 9.93. The van der Waals surface area contributed by atoms with Crippen LogP contribution in [0.15, 0.2) is 174 Å². The van der Waals surface area contributed by atoms with Gasteiger partial charge in [0.25, 0.3) is 0 Å². The summed E-state index contributed by atoms with van der Waals surface area (Å²) >= 11 is 1.83. The number of rotatable bonds is 4. The summed E-state index contributed by atoms with van der Waals surface area (Å²) in [6.45, 7) is 0. The van der Waals surface area contributed by atoms with Crippen LogP contribution in [0.1, 0.15) is 0 Å². The minimum Gasteiger partial charge on any atom is -0.208 e. The molecule has 1 aliphatic heterocycles. The first kappa shape index (κ1) is 27.5. The maximum Gasteiger partial charge on any atom is 0.164 e. The number of benzene rings is 7. The fraction of sp³-hybridized carbons (Fsp3) is 0. The van der Waals surface area contributed by atoms with Crippen molar-refractivity contribution in [2.45, 2.75) is 9.79 Å². The molecule has 1 aliphatic rings. The minimum atomic E-state index is 0.648. The molecular weight excluding hydrogens is 591 g/mol. The Morgan fingerprint density at radius 3 is 1.40 bits per heavy atom. The number of aromatic nitrogens is 3. The van der Waals surface area contributed by atoms with Gasteiger partial charge in [-0.1, -0.05) is 157 Å². The van der Waals surface area contributed by atoms with Gasteiger partial charge in [0.15, 0.2) is 17.5 Å². The van der Waals surface area contributed by atoms with Crippen molar-refractivity contribution in [3.8, 4) is 67.5 Å². The molecular formula is C43H27N3S. The van der Waals surface area contributed by atoms with Crippen molar-refractivity contribution in [1.29, 1.82) is 0 Å². The van der Waals surface area contributed by atoms with E-state index in [2.05, 4.69) is 140 Å². The molecule has 4 heteroatoms. The van der Waals surface area contributed by atoms with Crippen molar-refractivity contribution >= 4 is 22.5 Å². The van der Waals surface area contributed by atoms with E-state index in [1.807, 2.05) is 36.0 Å². The van der Waals surface area contributed by atoms with Gasteiger partial charge in [0, 0.05) is 26.5 Å². The van der Waals surface area contributed by atoms with E-state index in [-0.39, 0.29) is 0 Å². The van der Waals surface area contributed by atoms with Crippen LogP contribution in [0.4, 0.5) is 0 Å². The molecule has 0 saturated carbocycles. The topological polar surface area (TPSA) is 38.7 Å². The van der Waals surface area contributed by atoms with Crippen LogP contribution in [0.5, 0.6) is 0 Å². The van der Waals surface area contributed by atoms with Crippen molar-refractivity contribution in [3.05, 3.63) is 164 Å². The van der Waals surface area contributed by atoms with Gasteiger partial charge in [-0.05, 0) is 62.4 Å². The first-order valence-electron chi connectivity index (χ1n) is 15.7. The van der Waals surface area contributed by atoms with Gasteiger partial charge in [0.05, 0.1) is 0 Å². The van der Waals surface area contributed by atoms with E-state index in [1.54, 1.807) is 0 Å². The van der Waals surface area contributed by atoms with Crippen LogP contribution >= 0.6 is 11.8 Å². The fourth-order valence-electron chi connectivity index (χ4n) is 6.51. The van der Waals surface area contributed by atoms with Crippen molar-refractivity contribution in [2.24, 2.45) is 0 Å². The van der Waals surface area contributed by atoms with Gasteiger partial charge in [-0.25, -0.2) is 15.0 Å². The highest BCUT2D eigenvalue weighted by Gasteiger charge is 2.22. The maximum atomic E-state index is 5.16. The maximum absolute atomic E-state index is 5.16. The summed E-state index contributed by atoms with van der Waals surface area (Å²) in [5, 5.41) is 2.33. The molecule has 0 atom stereocenters. The molecule has 1 aromatic heterocycles. The van der Waals surface area contributed by atoms with E-state index < -0.39 is 0 Å². The molecule has 0 spiro atoms. The lowest BCUT2D eigenvalue weighted by atomic mass is 9.89. The molecule has 47 heavy (non-hydrogen) atoms. The van der Waals surface area contributed by atoms with E-state index >= 15 is 0 Å². The summed E-state index contributed by atoms with van der Waals surface area (Å²) in [6, 6.07) is 57.5. The van der Waals surface area contributed by atoms with Gasteiger partial charge in [-0.3, -0.25) is 0 Å². The van der Waals surface area contributed by atoms with E-state index in [9.17, 15) is 0 Å². The number of hydrogen-bond acceptors (Lipinski definition) is 4. The number of nitrogens with zero attached hydrogens (tertiary/aromatic N) is 3. The largest absolute Gasteiger partial charge is 0.208 e. The summed E-state index contributed by atoms with van der Waals surface area (Å²) in [7, 11) is 0. The SMILES string of the molecule is c1ccc(-c2ccc(-c3nc(-c4ccccc4)nc(-c4ccc5c6c(cccc46)-c4ccccc4Sc4ccccc4-5)n3)cc2)cc1. The van der Waals surface area contributed by atoms with Crippen molar-refractivity contribution < 1.29 is 0 Å². The monoisotopic (exact) mass is 617 g/mol. The third-order valence-electron chi connectivity index (χ3n) is 8.77. The van der Waals surface area contributed by atoms with Crippen molar-refractivity contribution in [1.82, 2.24) is 15.0 Å². The van der Waals surface area contributed by atoms with Crippen LogP contribution in [0.3, 0.4) is 0 Å². The molecule has 0 bridgehead atoms. The van der Waals surface area contributed by atoms with Gasteiger partial charge >= 0.3 is 0 Å². The van der Waals surface area contributed by atoms with Gasteiger partial charge in [0.2, 0.25) is 0 Å². The van der Waals surface area contributed by atoms with Crippen LogP contribution < -0.4 is 0 Å². The molecule has 0 N–H and O–H groups in total. The Kier molecular flexibility index (Phi) is 6.72. The summed E-state index contributed by atoms with van der Waals surface area (Å²) in [5.74, 6) is 1.96. The highest BCUT2D eigenvalue weighted by molar-refractivity contribution is 7.99. The van der Waals surface area contributed by atoms with Crippen LogP contribution in [0, 0.1) is 0 Å². The van der Waals surface area contributed by atoms with E-state index in [0.717, 1.165) is 27.6 Å². The lowest BCUT2D eigenvalue weighted by molar-refractivity contribution is 1.08. The lowest BCUT2D eigenvalue weighted by Gasteiger charge is -2.21. The molecule has 0 amide bonds. The Morgan fingerprint density at radius 2 is 0.745 bits per heavy atom. The molecule has 0 unspecified atom stereocenters. The van der Waals surface area contributed by atoms with Crippen LogP contribution in [-0.4, -0.2) is 15.0 Å². The van der Waals surface area contributed by atoms with E-state index in [4.69, 9.17) is 15.0 Å². The quantitative estimate of drug-likeness (QED) is 0.197. The summed E-state index contributed by atoms with van der Waals surface area (Å²) in [4.78, 5) is 17.8. The molecule has 220 valence electrons. The molecule has 7 aromatic carbocycles. The van der Waals surface area contributed by atoms with Crippen molar-refractivity contribution in [3.63, 3.8) is 0 Å². The van der Waals surface area contributed by atoms with Gasteiger partial charge < -0.3 is 0 Å². The normalized spacial score (nSPS) is 11.7. The van der Waals surface area contributed by atoms with Gasteiger partial charge in [-0.15, -0.1) is 0 Å². The second-order valence-corrected chi connectivity index (χ2v) is 12.7. The van der Waals surface area contributed by atoms with Crippen LogP contribution in [0.2, 0.25) is 0 Å². The Balaban J connectivity index is 1.28. The first-order valence-corrected chi connectivity index (χ1v) is 16.5. The van der Waals surface area contributed by atoms with Crippen LogP contribution in [-0.2, 0) is 0 Å². The lowest BCUT2D eigenvalue weighted by Crippen LogP contribution is -2.01. The predicted octanol–water partition coefficient (Wildman–Crippen LogP) is 11.5. The zero-order valence-electron chi connectivity index (χ0n) is 25.3. The standard InChI is InChI=1S/C43H27N3S/c1-3-12-28(13-4-1)29-22-24-31(25-23-29)42-44-41(30-14-5-2-6-15-30)45-43(46-42)37-27-26-36-33-17-8-10-21-39(33)47-38-20-9-7-16-32(38)34-18-11-19-35(37)40(34)36/h1-27H. The highest BCUT2D eigenvalue weighted by atomic mass is 32.2. The van der Waals surface area contributed by atoms with E-state index in [0.29, 0.717) is 17.5 Å². The fourth-order valence-corrected chi connectivity index (χ4v) is 7.62. The summed E-state index contributed by atoms with van der Waals surface area (Å²) in [5.41, 5.74) is 10.1. The second-order valence-electron chi connectivity index (χ2n) is 11.6. The number of fused-ring (bicyclic) bond motifs is 4. The first-order chi connectivity index (χ1) is 23.3. The molecule has 2 heterocycles. The zero-order chi connectivity index (χ0) is 31.2. The molecule has 0 fully saturated rings. The smallest absolute Gasteiger partial charge is 0.164 e. The Morgan fingerprint density at radius 1 is 0.298 bits per heavy atom. The molecule has 3 nitrogen and oxygen atoms in total. The molecule has 8 aromatic rings. The predicted molar refractivity (Wildman–Crippen MR) is 194 cm³/mol. The molecule has 9 rings (SSSR count). The molecule has 0 aliphatic carbocycles. The Labute approximate surface area is 277 Å². The summed E-state index contributed by atoms with van der Waals surface area (Å²) < 4.78 is 0. The average Bonchev–Trinajstić information content (AvgIpc) is 3.15. The van der Waals surface area contributed by atoms with Gasteiger partial charge in [0.1, 0.15) is 0 Å². The Bertz CT molecular complexity index is 2370. The molecule has 0 radical (unpaired) electrons. The Hall–Kier alpha value is -5.84. The summed E-state index contributed by atoms with van der Waals surface area (Å²) in [6.07, 6.45) is 0. The minimum absolute atomic E-state index is 0.648. The average molecular weight is 618 g/mol. The molecule has 0 saturated heterocycles. The van der Waals surface area contributed by atoms with Crippen molar-refractivity contribution in [2.75, 3.05) is 0 Å². The highest BCUT2D eigenvalue weighted by Crippen LogP contribution is 2.49. The number of hydrogen-bond donors (Lipinski definition) is 0. The zero-order valence-corrected chi connectivity index (χ0v) is 26.2. The van der Waals surface area contributed by atoms with E-state index in [1.165, 1.54) is 43.0 Å².